The van der Waals surface area contributed by atoms with E-state index in [4.69, 9.17) is 0 Å². The SMILES string of the molecule is CSc1ccsc1C(=O)Nc1nc(Cc2ccccc2)ns1. The number of carbonyl (C=O) groups is 1. The predicted octanol–water partition coefficient (Wildman–Crippen LogP) is 4.16. The van der Waals surface area contributed by atoms with E-state index in [1.54, 1.807) is 11.8 Å². The summed E-state index contributed by atoms with van der Waals surface area (Å²) < 4.78 is 4.30. The minimum atomic E-state index is -0.123. The van der Waals surface area contributed by atoms with Crippen LogP contribution in [-0.4, -0.2) is 21.5 Å². The molecule has 0 unspecified atom stereocenters. The molecule has 3 aromatic rings. The van der Waals surface area contributed by atoms with E-state index in [0.717, 1.165) is 16.3 Å². The van der Waals surface area contributed by atoms with Gasteiger partial charge in [0.05, 0.1) is 0 Å². The third-order valence-corrected chi connectivity index (χ3v) is 5.44. The summed E-state index contributed by atoms with van der Waals surface area (Å²) in [5, 5.41) is 5.28. The van der Waals surface area contributed by atoms with Gasteiger partial charge in [0.25, 0.3) is 5.91 Å². The molecule has 0 fully saturated rings. The highest BCUT2D eigenvalue weighted by molar-refractivity contribution is 7.98. The van der Waals surface area contributed by atoms with Gasteiger partial charge in [0.1, 0.15) is 10.7 Å². The number of hydrogen-bond donors (Lipinski definition) is 1. The Labute approximate surface area is 140 Å². The summed E-state index contributed by atoms with van der Waals surface area (Å²) >= 11 is 4.21. The van der Waals surface area contributed by atoms with Crippen LogP contribution in [0.5, 0.6) is 0 Å². The van der Waals surface area contributed by atoms with Crippen molar-refractivity contribution < 1.29 is 4.79 Å². The molecule has 1 N–H and O–H groups in total. The van der Waals surface area contributed by atoms with Gasteiger partial charge in [-0.15, -0.1) is 23.1 Å². The van der Waals surface area contributed by atoms with Crippen molar-refractivity contribution in [3.05, 3.63) is 58.0 Å². The molecule has 0 bridgehead atoms. The van der Waals surface area contributed by atoms with E-state index in [-0.39, 0.29) is 5.91 Å². The van der Waals surface area contributed by atoms with Crippen LogP contribution in [0.15, 0.2) is 46.7 Å². The fourth-order valence-corrected chi connectivity index (χ4v) is 4.16. The van der Waals surface area contributed by atoms with Gasteiger partial charge < -0.3 is 0 Å². The molecule has 0 saturated carbocycles. The van der Waals surface area contributed by atoms with Gasteiger partial charge in [-0.3, -0.25) is 10.1 Å². The average Bonchev–Trinajstić information content (AvgIpc) is 3.17. The number of benzene rings is 1. The van der Waals surface area contributed by atoms with Crippen molar-refractivity contribution in [2.45, 2.75) is 11.3 Å². The second-order valence-electron chi connectivity index (χ2n) is 4.45. The van der Waals surface area contributed by atoms with Crippen molar-refractivity contribution in [2.24, 2.45) is 0 Å². The molecular weight excluding hydrogens is 334 g/mol. The standard InChI is InChI=1S/C15H13N3OS3/c1-20-11-7-8-21-13(11)14(19)17-15-16-12(18-22-15)9-10-5-3-2-4-6-10/h2-8H,9H2,1H3,(H,16,17,18,19). The van der Waals surface area contributed by atoms with Crippen molar-refractivity contribution in [2.75, 3.05) is 11.6 Å². The molecule has 0 aliphatic heterocycles. The number of thiophene rings is 1. The first-order valence-corrected chi connectivity index (χ1v) is 9.43. The number of amides is 1. The quantitative estimate of drug-likeness (QED) is 0.704. The van der Waals surface area contributed by atoms with Gasteiger partial charge in [0.15, 0.2) is 0 Å². The van der Waals surface area contributed by atoms with Crippen LogP contribution in [0.3, 0.4) is 0 Å². The van der Waals surface area contributed by atoms with Gasteiger partial charge in [-0.25, -0.2) is 4.98 Å². The number of aromatic nitrogens is 2. The highest BCUT2D eigenvalue weighted by Gasteiger charge is 2.15. The first-order valence-electron chi connectivity index (χ1n) is 6.55. The molecular formula is C15H13N3OS3. The summed E-state index contributed by atoms with van der Waals surface area (Å²) in [6.07, 6.45) is 2.63. The molecule has 7 heteroatoms. The van der Waals surface area contributed by atoms with Crippen LogP contribution in [0.1, 0.15) is 21.1 Å². The Morgan fingerprint density at radius 2 is 2.09 bits per heavy atom. The molecule has 0 radical (unpaired) electrons. The van der Waals surface area contributed by atoms with E-state index in [2.05, 4.69) is 14.7 Å². The van der Waals surface area contributed by atoms with Crippen molar-refractivity contribution in [1.29, 1.82) is 0 Å². The van der Waals surface area contributed by atoms with Crippen LogP contribution in [0.4, 0.5) is 5.13 Å². The van der Waals surface area contributed by atoms with Crippen LogP contribution in [0.2, 0.25) is 0 Å². The van der Waals surface area contributed by atoms with Crippen molar-refractivity contribution in [1.82, 2.24) is 9.36 Å². The summed E-state index contributed by atoms with van der Waals surface area (Å²) in [6.45, 7) is 0. The molecule has 0 aliphatic carbocycles. The zero-order valence-electron chi connectivity index (χ0n) is 11.8. The maximum Gasteiger partial charge on any atom is 0.268 e. The normalized spacial score (nSPS) is 10.6. The minimum Gasteiger partial charge on any atom is -0.296 e. The summed E-state index contributed by atoms with van der Waals surface area (Å²) in [6, 6.07) is 12.0. The second-order valence-corrected chi connectivity index (χ2v) is 6.97. The molecule has 0 atom stereocenters. The predicted molar refractivity (Wildman–Crippen MR) is 93.2 cm³/mol. The third kappa shape index (κ3) is 3.55. The van der Waals surface area contributed by atoms with Crippen LogP contribution < -0.4 is 5.32 Å². The number of thioether (sulfide) groups is 1. The van der Waals surface area contributed by atoms with Crippen LogP contribution >= 0.6 is 34.6 Å². The van der Waals surface area contributed by atoms with E-state index in [1.807, 2.05) is 48.0 Å². The highest BCUT2D eigenvalue weighted by Crippen LogP contribution is 2.26. The Balaban J connectivity index is 1.68. The van der Waals surface area contributed by atoms with E-state index in [1.165, 1.54) is 22.9 Å². The number of nitrogens with zero attached hydrogens (tertiary/aromatic N) is 2. The molecule has 112 valence electrons. The van der Waals surface area contributed by atoms with Gasteiger partial charge in [-0.2, -0.15) is 4.37 Å². The van der Waals surface area contributed by atoms with Crippen molar-refractivity contribution in [3.63, 3.8) is 0 Å². The topological polar surface area (TPSA) is 54.9 Å². The number of hydrogen-bond acceptors (Lipinski definition) is 6. The molecule has 3 rings (SSSR count). The summed E-state index contributed by atoms with van der Waals surface area (Å²) in [5.74, 6) is 0.601. The Morgan fingerprint density at radius 1 is 1.27 bits per heavy atom. The minimum absolute atomic E-state index is 0.123. The van der Waals surface area contributed by atoms with Crippen molar-refractivity contribution in [3.8, 4) is 0 Å². The van der Waals surface area contributed by atoms with E-state index < -0.39 is 0 Å². The number of rotatable bonds is 5. The van der Waals surface area contributed by atoms with Crippen LogP contribution in [0.25, 0.3) is 0 Å². The van der Waals surface area contributed by atoms with Crippen LogP contribution in [0, 0.1) is 0 Å². The van der Waals surface area contributed by atoms with Crippen molar-refractivity contribution >= 4 is 45.7 Å². The highest BCUT2D eigenvalue weighted by atomic mass is 32.2. The molecule has 0 spiro atoms. The molecule has 0 saturated heterocycles. The largest absolute Gasteiger partial charge is 0.296 e. The fourth-order valence-electron chi connectivity index (χ4n) is 1.93. The molecule has 4 nitrogen and oxygen atoms in total. The molecule has 1 aromatic carbocycles. The summed E-state index contributed by atoms with van der Waals surface area (Å²) in [4.78, 5) is 18.3. The number of nitrogens with one attached hydrogen (secondary N) is 1. The maximum absolute atomic E-state index is 12.2. The lowest BCUT2D eigenvalue weighted by Gasteiger charge is -2.00. The second kappa shape index (κ2) is 7.04. The lowest BCUT2D eigenvalue weighted by molar-refractivity contribution is 0.102. The number of anilines is 1. The zero-order valence-corrected chi connectivity index (χ0v) is 14.2. The Morgan fingerprint density at radius 3 is 2.86 bits per heavy atom. The third-order valence-electron chi connectivity index (χ3n) is 2.95. The smallest absolute Gasteiger partial charge is 0.268 e. The van der Waals surface area contributed by atoms with Gasteiger partial charge in [0.2, 0.25) is 5.13 Å². The van der Waals surface area contributed by atoms with Gasteiger partial charge >= 0.3 is 0 Å². The molecule has 0 aliphatic rings. The molecule has 2 heterocycles. The monoisotopic (exact) mass is 347 g/mol. The van der Waals surface area contributed by atoms with E-state index >= 15 is 0 Å². The number of carbonyl (C=O) groups excluding carboxylic acids is 1. The van der Waals surface area contributed by atoms with E-state index in [0.29, 0.717) is 16.4 Å². The fraction of sp³-hybridized carbons (Fsp3) is 0.133. The summed E-state index contributed by atoms with van der Waals surface area (Å²) in [7, 11) is 0. The Kier molecular flexibility index (Phi) is 4.87. The molecule has 1 amide bonds. The van der Waals surface area contributed by atoms with E-state index in [9.17, 15) is 4.79 Å². The van der Waals surface area contributed by atoms with Gasteiger partial charge in [0, 0.05) is 22.8 Å². The van der Waals surface area contributed by atoms with Gasteiger partial charge in [-0.05, 0) is 23.3 Å². The molecule has 22 heavy (non-hydrogen) atoms. The lowest BCUT2D eigenvalue weighted by Crippen LogP contribution is -2.10. The average molecular weight is 347 g/mol. The zero-order chi connectivity index (χ0) is 15.4. The first kappa shape index (κ1) is 15.2. The van der Waals surface area contributed by atoms with Gasteiger partial charge in [-0.1, -0.05) is 30.3 Å². The van der Waals surface area contributed by atoms with Crippen LogP contribution in [-0.2, 0) is 6.42 Å². The maximum atomic E-state index is 12.2. The first-order chi connectivity index (χ1) is 10.8. The molecule has 2 aromatic heterocycles. The lowest BCUT2D eigenvalue weighted by atomic mass is 10.1. The Hall–Kier alpha value is -1.70. The Bertz CT molecular complexity index is 767. The summed E-state index contributed by atoms with van der Waals surface area (Å²) in [5.41, 5.74) is 1.15.